The molecule has 1 saturated carbocycles. The highest BCUT2D eigenvalue weighted by Gasteiger charge is 2.45. The van der Waals surface area contributed by atoms with Crippen LogP contribution in [0.2, 0.25) is 0 Å². The lowest BCUT2D eigenvalue weighted by molar-refractivity contribution is -0.115. The molecule has 2 aliphatic rings. The van der Waals surface area contributed by atoms with Crippen molar-refractivity contribution in [3.8, 4) is 11.3 Å². The predicted octanol–water partition coefficient (Wildman–Crippen LogP) is 3.39. The Balaban J connectivity index is 1.34. The molecule has 0 bridgehead atoms. The van der Waals surface area contributed by atoms with E-state index in [9.17, 15) is 14.4 Å². The summed E-state index contributed by atoms with van der Waals surface area (Å²) in [6.45, 7) is 1.85. The number of nitrogens with one attached hydrogen (secondary N) is 1. The van der Waals surface area contributed by atoms with Crippen LogP contribution in [0.4, 0.5) is 5.82 Å². The van der Waals surface area contributed by atoms with E-state index in [1.54, 1.807) is 24.3 Å². The summed E-state index contributed by atoms with van der Waals surface area (Å²) in [5.41, 5.74) is 3.79. The Morgan fingerprint density at radius 3 is 2.48 bits per heavy atom. The second-order valence-electron chi connectivity index (χ2n) is 7.95. The van der Waals surface area contributed by atoms with Crippen LogP contribution in [0.15, 0.2) is 54.6 Å². The van der Waals surface area contributed by atoms with E-state index in [4.69, 9.17) is 0 Å². The molecule has 1 aliphatic carbocycles. The van der Waals surface area contributed by atoms with Gasteiger partial charge in [0.1, 0.15) is 0 Å². The number of rotatable bonds is 5. The van der Waals surface area contributed by atoms with Crippen molar-refractivity contribution in [2.45, 2.75) is 32.2 Å². The first-order chi connectivity index (χ1) is 15.0. The summed E-state index contributed by atoms with van der Waals surface area (Å²) < 4.78 is 0. The van der Waals surface area contributed by atoms with Crippen molar-refractivity contribution in [1.29, 1.82) is 0 Å². The van der Waals surface area contributed by atoms with Gasteiger partial charge >= 0.3 is 0 Å². The number of hydrogen-bond acceptors (Lipinski definition) is 5. The normalized spacial score (nSPS) is 15.2. The van der Waals surface area contributed by atoms with Gasteiger partial charge in [-0.3, -0.25) is 19.3 Å². The molecule has 2 aromatic carbocycles. The number of carbonyl (C=O) groups is 3. The van der Waals surface area contributed by atoms with E-state index in [-0.39, 0.29) is 30.2 Å². The van der Waals surface area contributed by atoms with Gasteiger partial charge in [0.15, 0.2) is 5.82 Å². The number of benzene rings is 2. The predicted molar refractivity (Wildman–Crippen MR) is 115 cm³/mol. The molecule has 0 radical (unpaired) electrons. The van der Waals surface area contributed by atoms with Gasteiger partial charge in [0.05, 0.1) is 23.2 Å². The molecular weight excluding hydrogens is 392 g/mol. The van der Waals surface area contributed by atoms with Crippen LogP contribution in [-0.2, 0) is 11.2 Å². The summed E-state index contributed by atoms with van der Waals surface area (Å²) in [6.07, 6.45) is 1.67. The first-order valence-electron chi connectivity index (χ1n) is 10.2. The number of carbonyl (C=O) groups excluding carboxylic acids is 3. The van der Waals surface area contributed by atoms with Crippen LogP contribution in [0, 0.1) is 6.92 Å². The van der Waals surface area contributed by atoms with Gasteiger partial charge in [-0.25, -0.2) is 0 Å². The van der Waals surface area contributed by atoms with Crippen molar-refractivity contribution in [2.75, 3.05) is 5.32 Å². The highest BCUT2D eigenvalue weighted by Crippen LogP contribution is 2.36. The number of nitrogens with zero attached hydrogens (tertiary/aromatic N) is 3. The van der Waals surface area contributed by atoms with Crippen molar-refractivity contribution >= 4 is 23.5 Å². The standard InChI is InChI=1S/C24H20N4O3/c1-14-11-16(22-18(12-14)23(30)28(24(22)31)17-7-8-17)13-21(29)25-20-10-9-19(26-27-20)15-5-3-2-4-6-15/h2-6,9-12,17H,7-8,13H2,1H3,(H,25,27,29). The number of imide groups is 1. The average molecular weight is 412 g/mol. The molecule has 7 heteroatoms. The Bertz CT molecular complexity index is 1200. The zero-order valence-electron chi connectivity index (χ0n) is 17.0. The molecule has 1 N–H and O–H groups in total. The zero-order valence-corrected chi connectivity index (χ0v) is 17.0. The molecule has 7 nitrogen and oxygen atoms in total. The highest BCUT2D eigenvalue weighted by atomic mass is 16.2. The lowest BCUT2D eigenvalue weighted by Crippen LogP contribution is -2.32. The Hall–Kier alpha value is -3.87. The third-order valence-corrected chi connectivity index (χ3v) is 5.51. The van der Waals surface area contributed by atoms with Gasteiger partial charge in [-0.2, -0.15) is 0 Å². The fourth-order valence-corrected chi connectivity index (χ4v) is 3.95. The summed E-state index contributed by atoms with van der Waals surface area (Å²) in [5.74, 6) is -0.539. The van der Waals surface area contributed by atoms with Gasteiger partial charge in [-0.15, -0.1) is 10.2 Å². The fourth-order valence-electron chi connectivity index (χ4n) is 3.95. The Morgan fingerprint density at radius 2 is 1.81 bits per heavy atom. The maximum atomic E-state index is 12.9. The molecule has 1 fully saturated rings. The van der Waals surface area contributed by atoms with Crippen molar-refractivity contribution in [1.82, 2.24) is 15.1 Å². The van der Waals surface area contributed by atoms with Crippen LogP contribution < -0.4 is 5.32 Å². The van der Waals surface area contributed by atoms with E-state index in [1.807, 2.05) is 37.3 Å². The molecule has 0 unspecified atom stereocenters. The number of aryl methyl sites for hydroxylation is 1. The molecule has 154 valence electrons. The van der Waals surface area contributed by atoms with Gasteiger partial charge in [-0.05, 0) is 49.1 Å². The van der Waals surface area contributed by atoms with E-state index in [1.165, 1.54) is 4.90 Å². The molecule has 31 heavy (non-hydrogen) atoms. The van der Waals surface area contributed by atoms with Crippen molar-refractivity contribution in [3.05, 3.63) is 76.9 Å². The minimum atomic E-state index is -0.320. The number of hydrogen-bond donors (Lipinski definition) is 1. The summed E-state index contributed by atoms with van der Waals surface area (Å²) in [4.78, 5) is 39.6. The van der Waals surface area contributed by atoms with Gasteiger partial charge < -0.3 is 5.32 Å². The van der Waals surface area contributed by atoms with Crippen LogP contribution in [0.25, 0.3) is 11.3 Å². The topological polar surface area (TPSA) is 92.3 Å². The van der Waals surface area contributed by atoms with E-state index >= 15 is 0 Å². The largest absolute Gasteiger partial charge is 0.309 e. The summed E-state index contributed by atoms with van der Waals surface area (Å²) in [7, 11) is 0. The van der Waals surface area contributed by atoms with Gasteiger partial charge in [0, 0.05) is 11.6 Å². The molecule has 0 atom stereocenters. The van der Waals surface area contributed by atoms with Gasteiger partial charge in [0.25, 0.3) is 11.8 Å². The molecule has 1 aromatic heterocycles. The molecule has 0 saturated heterocycles. The maximum absolute atomic E-state index is 12.9. The molecular formula is C24H20N4O3. The Labute approximate surface area is 179 Å². The highest BCUT2D eigenvalue weighted by molar-refractivity contribution is 6.22. The number of aromatic nitrogens is 2. The van der Waals surface area contributed by atoms with Crippen LogP contribution in [0.3, 0.4) is 0 Å². The molecule has 5 rings (SSSR count). The molecule has 3 aromatic rings. The number of anilines is 1. The molecule has 2 heterocycles. The van der Waals surface area contributed by atoms with Gasteiger partial charge in [-0.1, -0.05) is 36.4 Å². The van der Waals surface area contributed by atoms with Crippen LogP contribution >= 0.6 is 0 Å². The van der Waals surface area contributed by atoms with E-state index in [0.29, 0.717) is 28.2 Å². The minimum absolute atomic E-state index is 0.00668. The van der Waals surface area contributed by atoms with Gasteiger partial charge in [0.2, 0.25) is 5.91 Å². The number of amides is 3. The van der Waals surface area contributed by atoms with Crippen LogP contribution in [0.1, 0.15) is 44.7 Å². The van der Waals surface area contributed by atoms with E-state index < -0.39 is 0 Å². The van der Waals surface area contributed by atoms with Crippen molar-refractivity contribution in [2.24, 2.45) is 0 Å². The fraction of sp³-hybridized carbons (Fsp3) is 0.208. The summed E-state index contributed by atoms with van der Waals surface area (Å²) in [6, 6.07) is 16.6. The van der Waals surface area contributed by atoms with E-state index in [2.05, 4.69) is 15.5 Å². The maximum Gasteiger partial charge on any atom is 0.262 e. The molecule has 3 amide bonds. The van der Waals surface area contributed by atoms with Crippen LogP contribution in [0.5, 0.6) is 0 Å². The average Bonchev–Trinajstić information content (AvgIpc) is 3.55. The second kappa shape index (κ2) is 7.43. The molecule has 0 spiro atoms. The lowest BCUT2D eigenvalue weighted by Gasteiger charge is -2.12. The van der Waals surface area contributed by atoms with Crippen LogP contribution in [-0.4, -0.2) is 38.9 Å². The van der Waals surface area contributed by atoms with E-state index in [0.717, 1.165) is 24.0 Å². The summed E-state index contributed by atoms with van der Waals surface area (Å²) >= 11 is 0. The third kappa shape index (κ3) is 3.59. The zero-order chi connectivity index (χ0) is 21.5. The third-order valence-electron chi connectivity index (χ3n) is 5.51. The summed E-state index contributed by atoms with van der Waals surface area (Å²) in [5, 5.41) is 11.0. The Morgan fingerprint density at radius 1 is 1.03 bits per heavy atom. The smallest absolute Gasteiger partial charge is 0.262 e. The monoisotopic (exact) mass is 412 g/mol. The quantitative estimate of drug-likeness (QED) is 0.649. The molecule has 1 aliphatic heterocycles. The second-order valence-corrected chi connectivity index (χ2v) is 7.95. The SMILES string of the molecule is Cc1cc(CC(=O)Nc2ccc(-c3ccccc3)nn2)c2c(c1)C(=O)N(C1CC1)C2=O. The first-order valence-corrected chi connectivity index (χ1v) is 10.2. The van der Waals surface area contributed by atoms with Crippen molar-refractivity contribution in [3.63, 3.8) is 0 Å². The Kier molecular flexibility index (Phi) is 4.58. The van der Waals surface area contributed by atoms with Crippen molar-refractivity contribution < 1.29 is 14.4 Å². The minimum Gasteiger partial charge on any atom is -0.309 e. The number of fused-ring (bicyclic) bond motifs is 1. The first kappa shape index (κ1) is 19.1. The lowest BCUT2D eigenvalue weighted by atomic mass is 9.97.